The molecule has 0 amide bonds. The highest BCUT2D eigenvalue weighted by molar-refractivity contribution is 7.89. The maximum atomic E-state index is 13.1. The number of hydrogen-bond acceptors (Lipinski definition) is 4. The molecule has 1 fully saturated rings. The molecular weight excluding hydrogens is 345 g/mol. The summed E-state index contributed by atoms with van der Waals surface area (Å²) in [6, 6.07) is 10.9. The van der Waals surface area contributed by atoms with Gasteiger partial charge in [-0.15, -0.1) is 0 Å². The van der Waals surface area contributed by atoms with Crippen LogP contribution in [0.5, 0.6) is 11.5 Å². The molecule has 0 unspecified atom stereocenters. The van der Waals surface area contributed by atoms with Crippen LogP contribution in [0.2, 0.25) is 0 Å². The van der Waals surface area contributed by atoms with Crippen molar-refractivity contribution in [2.45, 2.75) is 23.2 Å². The van der Waals surface area contributed by atoms with Gasteiger partial charge in [0.2, 0.25) is 10.0 Å². The molecule has 2 aliphatic rings. The summed E-state index contributed by atoms with van der Waals surface area (Å²) in [5.74, 6) is 0.695. The van der Waals surface area contributed by atoms with E-state index in [1.807, 2.05) is 0 Å². The van der Waals surface area contributed by atoms with Crippen LogP contribution in [-0.2, 0) is 15.4 Å². The molecule has 4 rings (SSSR count). The van der Waals surface area contributed by atoms with Gasteiger partial charge in [-0.2, -0.15) is 0 Å². The molecule has 132 valence electrons. The fourth-order valence-corrected chi connectivity index (χ4v) is 4.17. The lowest BCUT2D eigenvalue weighted by Gasteiger charge is -2.20. The Morgan fingerprint density at radius 3 is 2.36 bits per heavy atom. The summed E-state index contributed by atoms with van der Waals surface area (Å²) in [6.07, 6.45) is 1.75. The Kier molecular flexibility index (Phi) is 3.92. The molecule has 0 saturated heterocycles. The summed E-state index contributed by atoms with van der Waals surface area (Å²) in [5, 5.41) is 0. The van der Waals surface area contributed by atoms with Crippen LogP contribution in [0.15, 0.2) is 47.4 Å². The molecule has 0 bridgehead atoms. The lowest BCUT2D eigenvalue weighted by molar-refractivity contribution is 0.171. The highest BCUT2D eigenvalue weighted by atomic mass is 32.2. The minimum absolute atomic E-state index is 0.145. The Morgan fingerprint density at radius 1 is 1.00 bits per heavy atom. The third kappa shape index (κ3) is 3.21. The highest BCUT2D eigenvalue weighted by Crippen LogP contribution is 2.47. The van der Waals surface area contributed by atoms with Crippen molar-refractivity contribution in [3.63, 3.8) is 0 Å². The number of halogens is 1. The molecule has 5 nitrogen and oxygen atoms in total. The fraction of sp³-hybridized carbons (Fsp3) is 0.333. The first-order valence-corrected chi connectivity index (χ1v) is 9.62. The van der Waals surface area contributed by atoms with Crippen LogP contribution in [0.4, 0.5) is 4.39 Å². The Bertz CT molecular complexity index is 892. The first-order chi connectivity index (χ1) is 12.0. The Balaban J connectivity index is 1.51. The van der Waals surface area contributed by atoms with Crippen LogP contribution in [-0.4, -0.2) is 28.2 Å². The van der Waals surface area contributed by atoms with Crippen molar-refractivity contribution < 1.29 is 22.3 Å². The van der Waals surface area contributed by atoms with E-state index in [1.54, 1.807) is 18.2 Å². The van der Waals surface area contributed by atoms with Crippen molar-refractivity contribution in [3.8, 4) is 11.5 Å². The van der Waals surface area contributed by atoms with E-state index in [1.165, 1.54) is 24.3 Å². The van der Waals surface area contributed by atoms with Gasteiger partial charge in [-0.3, -0.25) is 0 Å². The molecule has 0 radical (unpaired) electrons. The highest BCUT2D eigenvalue weighted by Gasteiger charge is 2.44. The first-order valence-electron chi connectivity index (χ1n) is 8.14. The van der Waals surface area contributed by atoms with E-state index in [4.69, 9.17) is 9.47 Å². The van der Waals surface area contributed by atoms with E-state index in [0.29, 0.717) is 24.7 Å². The van der Waals surface area contributed by atoms with Crippen molar-refractivity contribution >= 4 is 10.0 Å². The van der Waals surface area contributed by atoms with E-state index in [-0.39, 0.29) is 22.7 Å². The van der Waals surface area contributed by atoms with E-state index in [0.717, 1.165) is 18.4 Å². The minimum atomic E-state index is -3.66. The predicted octanol–water partition coefficient (Wildman–Crippen LogP) is 2.61. The third-order valence-corrected chi connectivity index (χ3v) is 6.13. The number of fused-ring (bicyclic) bond motifs is 1. The average Bonchev–Trinajstić information content (AvgIpc) is 3.41. The third-order valence-electron chi connectivity index (χ3n) is 4.73. The Hall–Kier alpha value is -2.12. The first kappa shape index (κ1) is 16.4. The maximum absolute atomic E-state index is 13.1. The largest absolute Gasteiger partial charge is 0.486 e. The summed E-state index contributed by atoms with van der Waals surface area (Å²) in [6.45, 7) is 1.14. The van der Waals surface area contributed by atoms with Gasteiger partial charge < -0.3 is 9.47 Å². The number of ether oxygens (including phenoxy) is 2. The lowest BCUT2D eigenvalue weighted by atomic mass is 9.96. The smallest absolute Gasteiger partial charge is 0.240 e. The second-order valence-electron chi connectivity index (χ2n) is 6.42. The van der Waals surface area contributed by atoms with Crippen LogP contribution < -0.4 is 14.2 Å². The molecule has 1 aliphatic heterocycles. The molecule has 1 aliphatic carbocycles. The number of hydrogen-bond donors (Lipinski definition) is 1. The molecule has 1 saturated carbocycles. The molecule has 7 heteroatoms. The molecule has 0 atom stereocenters. The van der Waals surface area contributed by atoms with Crippen molar-refractivity contribution in [1.29, 1.82) is 0 Å². The topological polar surface area (TPSA) is 64.6 Å². The normalized spacial score (nSPS) is 18.0. The fourth-order valence-electron chi connectivity index (χ4n) is 3.03. The average molecular weight is 363 g/mol. The summed E-state index contributed by atoms with van der Waals surface area (Å²) in [5.41, 5.74) is 0.716. The van der Waals surface area contributed by atoms with Gasteiger partial charge in [-0.1, -0.05) is 12.1 Å². The van der Waals surface area contributed by atoms with Crippen molar-refractivity contribution in [3.05, 3.63) is 53.8 Å². The van der Waals surface area contributed by atoms with Gasteiger partial charge in [0.25, 0.3) is 0 Å². The van der Waals surface area contributed by atoms with Gasteiger partial charge in [0.05, 0.1) is 4.90 Å². The van der Waals surface area contributed by atoms with Gasteiger partial charge in [-0.25, -0.2) is 17.5 Å². The van der Waals surface area contributed by atoms with Crippen LogP contribution in [0.1, 0.15) is 18.4 Å². The number of benzene rings is 2. The van der Waals surface area contributed by atoms with E-state index in [9.17, 15) is 12.8 Å². The van der Waals surface area contributed by atoms with Gasteiger partial charge in [0, 0.05) is 18.0 Å². The summed E-state index contributed by atoms with van der Waals surface area (Å²) in [7, 11) is -3.66. The lowest BCUT2D eigenvalue weighted by Crippen LogP contribution is -2.32. The van der Waals surface area contributed by atoms with E-state index < -0.39 is 10.0 Å². The molecular formula is C18H18FNO4S. The molecule has 1 heterocycles. The summed E-state index contributed by atoms with van der Waals surface area (Å²) in [4.78, 5) is 0.145. The molecule has 25 heavy (non-hydrogen) atoms. The van der Waals surface area contributed by atoms with Crippen molar-refractivity contribution in [2.75, 3.05) is 19.8 Å². The second-order valence-corrected chi connectivity index (χ2v) is 8.18. The summed E-state index contributed by atoms with van der Waals surface area (Å²) < 4.78 is 51.9. The Labute approximate surface area is 145 Å². The SMILES string of the molecule is O=S(=O)(NCC1(c2ccc(F)cc2)CC1)c1ccc2c(c1)OCCO2. The van der Waals surface area contributed by atoms with Gasteiger partial charge in [0.15, 0.2) is 11.5 Å². The van der Waals surface area contributed by atoms with E-state index >= 15 is 0 Å². The minimum Gasteiger partial charge on any atom is -0.486 e. The van der Waals surface area contributed by atoms with Crippen LogP contribution >= 0.6 is 0 Å². The molecule has 0 aromatic heterocycles. The van der Waals surface area contributed by atoms with Gasteiger partial charge in [-0.05, 0) is 42.7 Å². The number of rotatable bonds is 5. The van der Waals surface area contributed by atoms with E-state index in [2.05, 4.69) is 4.72 Å². The summed E-state index contributed by atoms with van der Waals surface area (Å²) >= 11 is 0. The van der Waals surface area contributed by atoms with Crippen molar-refractivity contribution in [1.82, 2.24) is 4.72 Å². The standard InChI is InChI=1S/C18H18FNO4S/c19-14-3-1-13(2-4-14)18(7-8-18)12-20-25(21,22)15-5-6-16-17(11-15)24-10-9-23-16/h1-6,11,20H,7-10,12H2. The monoisotopic (exact) mass is 363 g/mol. The number of sulfonamides is 1. The van der Waals surface area contributed by atoms with Gasteiger partial charge >= 0.3 is 0 Å². The molecule has 2 aromatic carbocycles. The zero-order valence-corrected chi connectivity index (χ0v) is 14.3. The van der Waals surface area contributed by atoms with Gasteiger partial charge in [0.1, 0.15) is 19.0 Å². The maximum Gasteiger partial charge on any atom is 0.240 e. The van der Waals surface area contributed by atoms with Crippen LogP contribution in [0.3, 0.4) is 0 Å². The molecule has 1 N–H and O–H groups in total. The van der Waals surface area contributed by atoms with Crippen molar-refractivity contribution in [2.24, 2.45) is 0 Å². The quantitative estimate of drug-likeness (QED) is 0.887. The number of nitrogens with one attached hydrogen (secondary N) is 1. The Morgan fingerprint density at radius 2 is 1.68 bits per heavy atom. The molecule has 2 aromatic rings. The van der Waals surface area contributed by atoms with Crippen LogP contribution in [0, 0.1) is 5.82 Å². The zero-order valence-electron chi connectivity index (χ0n) is 13.5. The predicted molar refractivity (Wildman–Crippen MR) is 89.9 cm³/mol. The second kappa shape index (κ2) is 6.00. The molecule has 0 spiro atoms. The zero-order chi connectivity index (χ0) is 17.5. The van der Waals surface area contributed by atoms with Crippen LogP contribution in [0.25, 0.3) is 0 Å².